The zero-order chi connectivity index (χ0) is 33.1. The summed E-state index contributed by atoms with van der Waals surface area (Å²) in [5.41, 5.74) is 0.324. The predicted molar refractivity (Wildman–Crippen MR) is 171 cm³/mol. The highest BCUT2D eigenvalue weighted by Crippen LogP contribution is 2.25. The first-order valence-electron chi connectivity index (χ1n) is 15.4. The number of anilines is 1. The Morgan fingerprint density at radius 2 is 1.67 bits per heavy atom. The van der Waals surface area contributed by atoms with Crippen molar-refractivity contribution in [3.8, 4) is 0 Å². The molecule has 0 saturated carbocycles. The van der Waals surface area contributed by atoms with Crippen LogP contribution in [-0.2, 0) is 25.7 Å². The van der Waals surface area contributed by atoms with Gasteiger partial charge in [0, 0.05) is 36.2 Å². The third-order valence-electron chi connectivity index (χ3n) is 7.76. The smallest absolute Gasteiger partial charge is 0.287 e. The summed E-state index contributed by atoms with van der Waals surface area (Å²) in [7, 11) is 0. The maximum atomic E-state index is 13.4. The van der Waals surface area contributed by atoms with E-state index < -0.39 is 35.1 Å². The maximum absolute atomic E-state index is 13.4. The number of hydrogen-bond acceptors (Lipinski definition) is 7. The van der Waals surface area contributed by atoms with E-state index in [1.165, 1.54) is 22.9 Å². The number of carbonyl (C=O) groups is 5. The summed E-state index contributed by atoms with van der Waals surface area (Å²) < 4.78 is 6.90. The molecule has 0 aliphatic heterocycles. The van der Waals surface area contributed by atoms with Gasteiger partial charge >= 0.3 is 0 Å². The molecule has 2 atom stereocenters. The van der Waals surface area contributed by atoms with Gasteiger partial charge in [0.2, 0.25) is 17.6 Å². The number of aryl methyl sites for hydroxylation is 1. The van der Waals surface area contributed by atoms with E-state index in [0.717, 1.165) is 24.6 Å². The zero-order valence-electron chi connectivity index (χ0n) is 26.5. The number of furan rings is 1. The molecule has 0 fully saturated rings. The Hall–Kier alpha value is -4.74. The van der Waals surface area contributed by atoms with Crippen LogP contribution in [0.4, 0.5) is 5.69 Å². The van der Waals surface area contributed by atoms with Crippen molar-refractivity contribution in [3.63, 3.8) is 0 Å². The number of likely N-dealkylation sites (N-methyl/N-ethyl adjacent to an activating group) is 1. The molecule has 0 spiro atoms. The molecular formula is C33H43N5O7. The molecule has 2 unspecified atom stereocenters. The maximum Gasteiger partial charge on any atom is 0.287 e. The molecule has 2 heterocycles. The van der Waals surface area contributed by atoms with E-state index in [2.05, 4.69) is 35.1 Å². The number of pyridine rings is 1. The van der Waals surface area contributed by atoms with E-state index in [4.69, 9.17) is 4.42 Å². The fourth-order valence-electron chi connectivity index (χ4n) is 5.16. The minimum atomic E-state index is -1.30. The monoisotopic (exact) mass is 621 g/mol. The number of benzene rings is 1. The first kappa shape index (κ1) is 34.7. The fraction of sp³-hybridized carbons (Fsp3) is 0.455. The molecular weight excluding hydrogens is 578 g/mol. The molecule has 0 radical (unpaired) electrons. The molecule has 2 aromatic heterocycles. The largest absolute Gasteiger partial charge is 0.451 e. The Balaban J connectivity index is 1.77. The number of fused-ring (bicyclic) bond motifs is 1. The number of amides is 4. The molecule has 0 aliphatic rings. The number of nitrogens with zero attached hydrogens (tertiary/aromatic N) is 1. The van der Waals surface area contributed by atoms with Crippen molar-refractivity contribution in [1.29, 1.82) is 0 Å². The molecule has 45 heavy (non-hydrogen) atoms. The highest BCUT2D eigenvalue weighted by molar-refractivity contribution is 6.36. The average molecular weight is 622 g/mol. The normalized spacial score (nSPS) is 12.4. The number of rotatable bonds is 16. The minimum Gasteiger partial charge on any atom is -0.451 e. The second-order valence-corrected chi connectivity index (χ2v) is 11.1. The van der Waals surface area contributed by atoms with Crippen molar-refractivity contribution in [1.82, 2.24) is 20.5 Å². The lowest BCUT2D eigenvalue weighted by Gasteiger charge is -2.20. The molecule has 242 valence electrons. The molecule has 1 aromatic carbocycles. The third-order valence-corrected chi connectivity index (χ3v) is 7.76. The molecule has 0 bridgehead atoms. The Labute approximate surface area is 262 Å². The van der Waals surface area contributed by atoms with Crippen LogP contribution in [0, 0.1) is 12.8 Å². The Morgan fingerprint density at radius 3 is 2.33 bits per heavy atom. The zero-order valence-corrected chi connectivity index (χ0v) is 26.5. The van der Waals surface area contributed by atoms with Crippen molar-refractivity contribution in [2.24, 2.45) is 5.92 Å². The highest BCUT2D eigenvalue weighted by Gasteiger charge is 2.27. The molecule has 0 aliphatic carbocycles. The summed E-state index contributed by atoms with van der Waals surface area (Å²) in [4.78, 5) is 76.9. The first-order chi connectivity index (χ1) is 21.5. The number of para-hydroxylation sites is 1. The fourth-order valence-corrected chi connectivity index (χ4v) is 5.16. The molecule has 12 nitrogen and oxygen atoms in total. The summed E-state index contributed by atoms with van der Waals surface area (Å²) in [5.74, 6) is -2.88. The molecule has 3 rings (SSSR count). The van der Waals surface area contributed by atoms with Crippen LogP contribution in [0.15, 0.2) is 51.8 Å². The van der Waals surface area contributed by atoms with Crippen LogP contribution in [0.2, 0.25) is 0 Å². The van der Waals surface area contributed by atoms with Gasteiger partial charge < -0.3 is 30.3 Å². The van der Waals surface area contributed by atoms with Gasteiger partial charge in [-0.2, -0.15) is 0 Å². The van der Waals surface area contributed by atoms with Crippen LogP contribution >= 0.6 is 0 Å². The van der Waals surface area contributed by atoms with Gasteiger partial charge in [-0.15, -0.1) is 0 Å². The van der Waals surface area contributed by atoms with Crippen molar-refractivity contribution in [3.05, 3.63) is 64.3 Å². The van der Waals surface area contributed by atoms with Gasteiger partial charge in [0.15, 0.2) is 5.76 Å². The number of nitrogens with one attached hydrogen (secondary N) is 4. The summed E-state index contributed by atoms with van der Waals surface area (Å²) in [6.07, 6.45) is 3.74. The van der Waals surface area contributed by atoms with E-state index in [0.29, 0.717) is 17.1 Å². The van der Waals surface area contributed by atoms with Crippen molar-refractivity contribution in [2.45, 2.75) is 85.4 Å². The Morgan fingerprint density at radius 1 is 0.956 bits per heavy atom. The summed E-state index contributed by atoms with van der Waals surface area (Å²) in [5, 5.41) is 11.2. The van der Waals surface area contributed by atoms with Crippen LogP contribution < -0.4 is 26.8 Å². The van der Waals surface area contributed by atoms with Crippen molar-refractivity contribution in [2.75, 3.05) is 11.9 Å². The third kappa shape index (κ3) is 9.37. The van der Waals surface area contributed by atoms with Crippen LogP contribution in [0.3, 0.4) is 0 Å². The highest BCUT2D eigenvalue weighted by atomic mass is 16.3. The topological polar surface area (TPSA) is 169 Å². The summed E-state index contributed by atoms with van der Waals surface area (Å²) in [6, 6.07) is 8.61. The van der Waals surface area contributed by atoms with E-state index in [1.54, 1.807) is 38.1 Å². The number of carbonyl (C=O) groups excluding carboxylic acids is 5. The van der Waals surface area contributed by atoms with Gasteiger partial charge in [0.1, 0.15) is 23.9 Å². The molecule has 3 aromatic rings. The molecule has 12 heteroatoms. The van der Waals surface area contributed by atoms with Crippen molar-refractivity contribution < 1.29 is 28.4 Å². The van der Waals surface area contributed by atoms with Gasteiger partial charge in [-0.3, -0.25) is 28.8 Å². The quantitative estimate of drug-likeness (QED) is 0.178. The van der Waals surface area contributed by atoms with Gasteiger partial charge in [0.25, 0.3) is 17.4 Å². The number of hydrogen-bond donors (Lipinski definition) is 4. The van der Waals surface area contributed by atoms with Gasteiger partial charge in [-0.05, 0) is 57.7 Å². The van der Waals surface area contributed by atoms with E-state index in [1.807, 2.05) is 6.92 Å². The van der Waals surface area contributed by atoms with Crippen molar-refractivity contribution >= 4 is 46.1 Å². The standard InChI is InChI=1S/C33H43N5O7/c1-6-22(7-2)18-20(4)35-28(40)19-38-17-11-13-25(33(38)44)37-30(41)24(15-16-26(39)31(42)34-8-3)36-32(43)29-21(5)23-12-9-10-14-27(23)45-29/h9-14,17,20,22,24H,6-8,15-16,18-19H2,1-5H3,(H,34,42)(H,35,40)(H,36,43)(H,37,41). The van der Waals surface area contributed by atoms with Gasteiger partial charge in [-0.1, -0.05) is 44.9 Å². The van der Waals surface area contributed by atoms with Gasteiger partial charge in [0.05, 0.1) is 0 Å². The van der Waals surface area contributed by atoms with E-state index >= 15 is 0 Å². The molecule has 0 saturated heterocycles. The van der Waals surface area contributed by atoms with E-state index in [-0.39, 0.29) is 49.3 Å². The summed E-state index contributed by atoms with van der Waals surface area (Å²) >= 11 is 0. The van der Waals surface area contributed by atoms with Crippen LogP contribution in [0.5, 0.6) is 0 Å². The second-order valence-electron chi connectivity index (χ2n) is 11.1. The first-order valence-corrected chi connectivity index (χ1v) is 15.4. The number of aromatic nitrogens is 1. The lowest BCUT2D eigenvalue weighted by Crippen LogP contribution is -2.45. The van der Waals surface area contributed by atoms with E-state index in [9.17, 15) is 28.8 Å². The SMILES string of the molecule is CCNC(=O)C(=O)CCC(NC(=O)c1oc2ccccc2c1C)C(=O)Nc1cccn(CC(=O)NC(C)CC(CC)CC)c1=O. The lowest BCUT2D eigenvalue weighted by atomic mass is 9.95. The number of ketones is 1. The summed E-state index contributed by atoms with van der Waals surface area (Å²) in [6.45, 7) is 9.53. The van der Waals surface area contributed by atoms with Crippen LogP contribution in [-0.4, -0.2) is 52.6 Å². The predicted octanol–water partition coefficient (Wildman–Crippen LogP) is 3.46. The molecule has 4 amide bonds. The molecule has 4 N–H and O–H groups in total. The van der Waals surface area contributed by atoms with Crippen LogP contribution in [0.1, 0.15) is 75.9 Å². The van der Waals surface area contributed by atoms with Gasteiger partial charge in [-0.25, -0.2) is 0 Å². The number of Topliss-reactive ketones (excluding diaryl/α,β-unsaturated/α-hetero) is 1. The Kier molecular flexibility index (Phi) is 12.6. The second kappa shape index (κ2) is 16.4. The van der Waals surface area contributed by atoms with Crippen LogP contribution in [0.25, 0.3) is 11.0 Å². The average Bonchev–Trinajstić information content (AvgIpc) is 3.36. The lowest BCUT2D eigenvalue weighted by molar-refractivity contribution is -0.138. The Bertz CT molecular complexity index is 1590. The minimum absolute atomic E-state index is 0.00412.